The van der Waals surface area contributed by atoms with E-state index in [9.17, 15) is 0 Å². The molecule has 0 aliphatic heterocycles. The maximum Gasteiger partial charge on any atom is 0.137 e. The van der Waals surface area contributed by atoms with Crippen molar-refractivity contribution >= 4 is 37.7 Å². The van der Waals surface area contributed by atoms with E-state index < -0.39 is 0 Å². The predicted octanol–water partition coefficient (Wildman–Crippen LogP) is 4.16. The minimum atomic E-state index is 0.887. The molecule has 17 heavy (non-hydrogen) atoms. The first kappa shape index (κ1) is 10.5. The van der Waals surface area contributed by atoms with Crippen LogP contribution in [0.4, 0.5) is 0 Å². The van der Waals surface area contributed by atoms with Crippen molar-refractivity contribution in [3.8, 4) is 5.75 Å². The van der Waals surface area contributed by atoms with Gasteiger partial charge in [0, 0.05) is 15.2 Å². The SMILES string of the molecule is COc1c2ccccc2nc2cc(Br)ccc12. The van der Waals surface area contributed by atoms with E-state index in [2.05, 4.69) is 20.9 Å². The van der Waals surface area contributed by atoms with Crippen molar-refractivity contribution in [2.45, 2.75) is 0 Å². The van der Waals surface area contributed by atoms with E-state index in [0.29, 0.717) is 0 Å². The van der Waals surface area contributed by atoms with E-state index in [1.807, 2.05) is 42.5 Å². The van der Waals surface area contributed by atoms with Crippen molar-refractivity contribution in [3.05, 3.63) is 46.9 Å². The Morgan fingerprint density at radius 1 is 1.00 bits per heavy atom. The number of ether oxygens (including phenoxy) is 1. The van der Waals surface area contributed by atoms with Gasteiger partial charge in [0.1, 0.15) is 5.75 Å². The lowest BCUT2D eigenvalue weighted by Gasteiger charge is -2.09. The molecular weight excluding hydrogens is 278 g/mol. The number of nitrogens with zero attached hydrogens (tertiary/aromatic N) is 1. The van der Waals surface area contributed by atoms with Crippen molar-refractivity contribution in [2.24, 2.45) is 0 Å². The van der Waals surface area contributed by atoms with Gasteiger partial charge in [-0.15, -0.1) is 0 Å². The molecule has 0 fully saturated rings. The number of fused-ring (bicyclic) bond motifs is 2. The van der Waals surface area contributed by atoms with Crippen molar-refractivity contribution in [3.63, 3.8) is 0 Å². The van der Waals surface area contributed by atoms with Gasteiger partial charge in [0.2, 0.25) is 0 Å². The summed E-state index contributed by atoms with van der Waals surface area (Å²) in [5.74, 6) is 0.887. The molecule has 2 aromatic carbocycles. The number of methoxy groups -OCH3 is 1. The van der Waals surface area contributed by atoms with Gasteiger partial charge in [-0.05, 0) is 30.3 Å². The average Bonchev–Trinajstić information content (AvgIpc) is 2.35. The number of hydrogen-bond donors (Lipinski definition) is 0. The molecule has 0 unspecified atom stereocenters. The van der Waals surface area contributed by atoms with Crippen LogP contribution in [0, 0.1) is 0 Å². The predicted molar refractivity (Wildman–Crippen MR) is 73.5 cm³/mol. The van der Waals surface area contributed by atoms with Crippen LogP contribution < -0.4 is 4.74 Å². The van der Waals surface area contributed by atoms with Gasteiger partial charge < -0.3 is 4.74 Å². The fourth-order valence-corrected chi connectivity index (χ4v) is 2.40. The minimum Gasteiger partial charge on any atom is -0.495 e. The van der Waals surface area contributed by atoms with Gasteiger partial charge >= 0.3 is 0 Å². The van der Waals surface area contributed by atoms with Crippen LogP contribution in [-0.2, 0) is 0 Å². The maximum absolute atomic E-state index is 5.53. The monoisotopic (exact) mass is 287 g/mol. The molecule has 0 atom stereocenters. The second-order valence-corrected chi connectivity index (χ2v) is 4.74. The second-order valence-electron chi connectivity index (χ2n) is 3.82. The topological polar surface area (TPSA) is 22.1 Å². The molecule has 0 amide bonds. The number of aromatic nitrogens is 1. The smallest absolute Gasteiger partial charge is 0.137 e. The first-order valence-corrected chi connectivity index (χ1v) is 6.11. The summed E-state index contributed by atoms with van der Waals surface area (Å²) in [5.41, 5.74) is 1.89. The normalized spacial score (nSPS) is 10.9. The zero-order valence-electron chi connectivity index (χ0n) is 9.27. The van der Waals surface area contributed by atoms with Crippen LogP contribution in [0.15, 0.2) is 46.9 Å². The summed E-state index contributed by atoms with van der Waals surface area (Å²) in [7, 11) is 1.70. The summed E-state index contributed by atoms with van der Waals surface area (Å²) >= 11 is 3.46. The van der Waals surface area contributed by atoms with Gasteiger partial charge in [-0.1, -0.05) is 28.1 Å². The Labute approximate surface area is 107 Å². The third kappa shape index (κ3) is 1.67. The highest BCUT2D eigenvalue weighted by Gasteiger charge is 2.08. The van der Waals surface area contributed by atoms with Crippen LogP contribution in [0.3, 0.4) is 0 Å². The largest absolute Gasteiger partial charge is 0.495 e. The lowest BCUT2D eigenvalue weighted by atomic mass is 10.1. The molecule has 0 radical (unpaired) electrons. The molecule has 0 N–H and O–H groups in total. The Kier molecular flexibility index (Phi) is 2.48. The molecule has 3 aromatic rings. The van der Waals surface area contributed by atoms with Gasteiger partial charge in [0.25, 0.3) is 0 Å². The molecule has 3 rings (SSSR count). The standard InChI is InChI=1S/C14H10BrNO/c1-17-14-10-4-2-3-5-12(10)16-13-8-9(15)6-7-11(13)14/h2-8H,1H3. The van der Waals surface area contributed by atoms with E-state index in [1.165, 1.54) is 0 Å². The first-order valence-electron chi connectivity index (χ1n) is 5.31. The highest BCUT2D eigenvalue weighted by molar-refractivity contribution is 9.10. The number of hydrogen-bond acceptors (Lipinski definition) is 2. The third-order valence-electron chi connectivity index (χ3n) is 2.80. The molecular formula is C14H10BrNO. The molecule has 84 valence electrons. The van der Waals surface area contributed by atoms with E-state index >= 15 is 0 Å². The number of rotatable bonds is 1. The van der Waals surface area contributed by atoms with E-state index in [1.54, 1.807) is 7.11 Å². The van der Waals surface area contributed by atoms with Crippen LogP contribution in [0.2, 0.25) is 0 Å². The summed E-state index contributed by atoms with van der Waals surface area (Å²) in [6.07, 6.45) is 0. The Balaban J connectivity index is 2.53. The Morgan fingerprint density at radius 2 is 1.76 bits per heavy atom. The number of benzene rings is 2. The van der Waals surface area contributed by atoms with E-state index in [4.69, 9.17) is 4.74 Å². The first-order chi connectivity index (χ1) is 8.29. The fourth-order valence-electron chi connectivity index (χ4n) is 2.05. The second kappa shape index (κ2) is 4.00. The van der Waals surface area contributed by atoms with E-state index in [0.717, 1.165) is 32.0 Å². The van der Waals surface area contributed by atoms with Gasteiger partial charge in [-0.2, -0.15) is 0 Å². The summed E-state index contributed by atoms with van der Waals surface area (Å²) in [4.78, 5) is 4.64. The van der Waals surface area contributed by atoms with Crippen molar-refractivity contribution in [2.75, 3.05) is 7.11 Å². The average molecular weight is 288 g/mol. The summed E-state index contributed by atoms with van der Waals surface area (Å²) in [6.45, 7) is 0. The zero-order chi connectivity index (χ0) is 11.8. The Hall–Kier alpha value is -1.61. The van der Waals surface area contributed by atoms with Crippen molar-refractivity contribution in [1.82, 2.24) is 4.98 Å². The molecule has 0 aliphatic rings. The lowest BCUT2D eigenvalue weighted by molar-refractivity contribution is 0.424. The highest BCUT2D eigenvalue weighted by Crippen LogP contribution is 2.33. The van der Waals surface area contributed by atoms with Gasteiger partial charge in [0.05, 0.1) is 18.1 Å². The third-order valence-corrected chi connectivity index (χ3v) is 3.29. The maximum atomic E-state index is 5.53. The molecule has 2 nitrogen and oxygen atoms in total. The van der Waals surface area contributed by atoms with Crippen LogP contribution in [0.1, 0.15) is 0 Å². The molecule has 1 heterocycles. The minimum absolute atomic E-state index is 0.887. The van der Waals surface area contributed by atoms with Crippen LogP contribution in [0.5, 0.6) is 5.75 Å². The molecule has 0 saturated carbocycles. The van der Waals surface area contributed by atoms with E-state index in [-0.39, 0.29) is 0 Å². The molecule has 1 aromatic heterocycles. The van der Waals surface area contributed by atoms with Crippen molar-refractivity contribution in [1.29, 1.82) is 0 Å². The summed E-state index contributed by atoms with van der Waals surface area (Å²) < 4.78 is 6.55. The molecule has 0 saturated heterocycles. The Bertz CT molecular complexity index is 709. The summed E-state index contributed by atoms with van der Waals surface area (Å²) in [5, 5.41) is 2.08. The van der Waals surface area contributed by atoms with Crippen molar-refractivity contribution < 1.29 is 4.74 Å². The number of halogens is 1. The zero-order valence-corrected chi connectivity index (χ0v) is 10.9. The molecule has 0 aliphatic carbocycles. The quantitative estimate of drug-likeness (QED) is 0.627. The van der Waals surface area contributed by atoms with Gasteiger partial charge in [0.15, 0.2) is 0 Å². The number of pyridine rings is 1. The summed E-state index contributed by atoms with van der Waals surface area (Å²) in [6, 6.07) is 14.0. The van der Waals surface area contributed by atoms with Crippen LogP contribution in [0.25, 0.3) is 21.8 Å². The Morgan fingerprint density at radius 3 is 2.59 bits per heavy atom. The van der Waals surface area contributed by atoms with Gasteiger partial charge in [-0.3, -0.25) is 0 Å². The molecule has 0 bridgehead atoms. The fraction of sp³-hybridized carbons (Fsp3) is 0.0714. The van der Waals surface area contributed by atoms with Gasteiger partial charge in [-0.25, -0.2) is 4.98 Å². The van der Waals surface area contributed by atoms with Crippen LogP contribution >= 0.6 is 15.9 Å². The lowest BCUT2D eigenvalue weighted by Crippen LogP contribution is -1.90. The molecule has 3 heteroatoms. The molecule has 0 spiro atoms. The number of para-hydroxylation sites is 1. The van der Waals surface area contributed by atoms with Crippen LogP contribution in [-0.4, -0.2) is 12.1 Å². The highest BCUT2D eigenvalue weighted by atomic mass is 79.9.